The molecule has 2 amide bonds. The lowest BCUT2D eigenvalue weighted by Gasteiger charge is -2.32. The summed E-state index contributed by atoms with van der Waals surface area (Å²) in [5, 5.41) is 1.76. The van der Waals surface area contributed by atoms with Crippen LogP contribution in [0.15, 0.2) is 53.4 Å². The number of sulfone groups is 1. The maximum Gasteiger partial charge on any atom is 0.262 e. The van der Waals surface area contributed by atoms with Crippen molar-refractivity contribution in [1.82, 2.24) is 4.90 Å². The Labute approximate surface area is 188 Å². The lowest BCUT2D eigenvalue weighted by atomic mass is 9.90. The van der Waals surface area contributed by atoms with Gasteiger partial charge in [-0.05, 0) is 55.9 Å². The van der Waals surface area contributed by atoms with E-state index < -0.39 is 15.1 Å². The third-order valence-electron chi connectivity index (χ3n) is 6.24. The predicted molar refractivity (Wildman–Crippen MR) is 121 cm³/mol. The maximum absolute atomic E-state index is 13.0. The second-order valence-electron chi connectivity index (χ2n) is 8.57. The molecule has 0 spiro atoms. The number of likely N-dealkylation sites (tertiary alicyclic amines) is 1. The number of fused-ring (bicyclic) bond motifs is 1. The molecule has 2 aliphatic rings. The average molecular weight is 457 g/mol. The van der Waals surface area contributed by atoms with Gasteiger partial charge in [0.25, 0.3) is 5.91 Å². The number of amides is 2. The number of hydrogen-bond donors (Lipinski definition) is 1. The molecule has 1 N–H and O–H groups in total. The smallest absolute Gasteiger partial charge is 0.262 e. The second kappa shape index (κ2) is 9.32. The molecule has 8 heteroatoms. The highest BCUT2D eigenvalue weighted by molar-refractivity contribution is 7.92. The molecule has 1 atom stereocenters. The first kappa shape index (κ1) is 22.3. The van der Waals surface area contributed by atoms with Crippen LogP contribution in [-0.2, 0) is 25.8 Å². The van der Waals surface area contributed by atoms with Crippen LogP contribution in [0.25, 0.3) is 0 Å². The minimum atomic E-state index is -3.73. The third-order valence-corrected chi connectivity index (χ3v) is 8.38. The molecule has 170 valence electrons. The molecule has 0 aromatic heterocycles. The molecular weight excluding hydrogens is 428 g/mol. The number of hydrogen-bond acceptors (Lipinski definition) is 5. The summed E-state index contributed by atoms with van der Waals surface area (Å²) in [5.74, 6) is 0.515. The summed E-state index contributed by atoms with van der Waals surface area (Å²) in [4.78, 5) is 26.2. The van der Waals surface area contributed by atoms with Crippen molar-refractivity contribution in [2.75, 3.05) is 25.0 Å². The van der Waals surface area contributed by atoms with Crippen LogP contribution >= 0.6 is 0 Å². The first-order valence-electron chi connectivity index (χ1n) is 10.9. The number of ether oxygens (including phenoxy) is 1. The summed E-state index contributed by atoms with van der Waals surface area (Å²) in [7, 11) is -3.73. The van der Waals surface area contributed by atoms with Crippen molar-refractivity contribution < 1.29 is 22.7 Å². The molecule has 32 heavy (non-hydrogen) atoms. The Morgan fingerprint density at radius 2 is 1.88 bits per heavy atom. The van der Waals surface area contributed by atoms with E-state index in [2.05, 4.69) is 17.4 Å². The van der Waals surface area contributed by atoms with Crippen molar-refractivity contribution in [1.29, 1.82) is 0 Å². The monoisotopic (exact) mass is 456 g/mol. The quantitative estimate of drug-likeness (QED) is 0.721. The zero-order valence-corrected chi connectivity index (χ0v) is 18.9. The van der Waals surface area contributed by atoms with E-state index in [4.69, 9.17) is 4.74 Å². The number of nitrogens with one attached hydrogen (secondary N) is 1. The molecule has 1 fully saturated rings. The predicted octanol–water partition coefficient (Wildman–Crippen LogP) is 3.05. The summed E-state index contributed by atoms with van der Waals surface area (Å²) >= 11 is 0. The maximum atomic E-state index is 13.0. The van der Waals surface area contributed by atoms with Crippen LogP contribution < -0.4 is 10.1 Å². The summed E-state index contributed by atoms with van der Waals surface area (Å²) in [5.41, 5.74) is 1.64. The van der Waals surface area contributed by atoms with Crippen molar-refractivity contribution in [2.24, 2.45) is 5.92 Å². The van der Waals surface area contributed by atoms with Crippen molar-refractivity contribution in [3.8, 4) is 5.75 Å². The highest BCUT2D eigenvalue weighted by Gasteiger charge is 2.30. The first-order valence-corrected chi connectivity index (χ1v) is 12.5. The van der Waals surface area contributed by atoms with Gasteiger partial charge in [-0.2, -0.15) is 0 Å². The molecule has 4 rings (SSSR count). The van der Waals surface area contributed by atoms with Gasteiger partial charge in [0.2, 0.25) is 5.91 Å². The molecule has 2 aromatic rings. The van der Waals surface area contributed by atoms with Crippen molar-refractivity contribution in [3.05, 3.63) is 54.1 Å². The van der Waals surface area contributed by atoms with E-state index in [0.29, 0.717) is 30.4 Å². The van der Waals surface area contributed by atoms with E-state index >= 15 is 0 Å². The minimum absolute atomic E-state index is 0.0639. The highest BCUT2D eigenvalue weighted by Crippen LogP contribution is 2.32. The SMILES string of the molecule is C[C@H](CC(=O)N1CCC(Cc2ccccc2)CC1)S(=O)(=O)c1ccc2c(c1)NC(=O)CO2. The lowest BCUT2D eigenvalue weighted by Crippen LogP contribution is -2.40. The molecule has 7 nitrogen and oxygen atoms in total. The summed E-state index contributed by atoms with van der Waals surface area (Å²) in [6.45, 7) is 2.78. The Hall–Kier alpha value is -2.87. The second-order valence-corrected chi connectivity index (χ2v) is 10.9. The number of carbonyl (C=O) groups excluding carboxylic acids is 2. The van der Waals surface area contributed by atoms with E-state index in [1.807, 2.05) is 18.2 Å². The molecule has 0 saturated carbocycles. The Kier molecular flexibility index (Phi) is 6.50. The Morgan fingerprint density at radius 3 is 2.59 bits per heavy atom. The van der Waals surface area contributed by atoms with Crippen molar-refractivity contribution in [2.45, 2.75) is 42.8 Å². The standard InChI is InChI=1S/C24H28N2O5S/c1-17(32(29,30)20-7-8-22-21(15-20)25-23(27)16-31-22)13-24(28)26-11-9-19(10-12-26)14-18-5-3-2-4-6-18/h2-8,15,17,19H,9-14,16H2,1H3,(H,25,27)/t17-/m1/s1. The third kappa shape index (κ3) is 4.96. The molecule has 1 saturated heterocycles. The van der Waals surface area contributed by atoms with Crippen LogP contribution in [0.1, 0.15) is 31.7 Å². The molecule has 0 bridgehead atoms. The lowest BCUT2D eigenvalue weighted by molar-refractivity contribution is -0.132. The van der Waals surface area contributed by atoms with Gasteiger partial charge in [-0.1, -0.05) is 30.3 Å². The zero-order chi connectivity index (χ0) is 22.7. The van der Waals surface area contributed by atoms with Crippen LogP contribution in [-0.4, -0.2) is 50.1 Å². The van der Waals surface area contributed by atoms with Crippen LogP contribution in [0.2, 0.25) is 0 Å². The Balaban J connectivity index is 1.34. The van der Waals surface area contributed by atoms with Gasteiger partial charge in [-0.3, -0.25) is 9.59 Å². The molecule has 2 aromatic carbocycles. The topological polar surface area (TPSA) is 92.8 Å². The van der Waals surface area contributed by atoms with E-state index in [9.17, 15) is 18.0 Å². The fraction of sp³-hybridized carbons (Fsp3) is 0.417. The largest absolute Gasteiger partial charge is 0.482 e. The number of nitrogens with zero attached hydrogens (tertiary/aromatic N) is 1. The number of piperidine rings is 1. The fourth-order valence-electron chi connectivity index (χ4n) is 4.29. The Morgan fingerprint density at radius 1 is 1.16 bits per heavy atom. The molecular formula is C24H28N2O5S. The number of benzene rings is 2. The average Bonchev–Trinajstić information content (AvgIpc) is 2.79. The van der Waals surface area contributed by atoms with E-state index in [0.717, 1.165) is 19.3 Å². The van der Waals surface area contributed by atoms with Gasteiger partial charge in [0.15, 0.2) is 16.4 Å². The zero-order valence-electron chi connectivity index (χ0n) is 18.1. The summed E-state index contributed by atoms with van der Waals surface area (Å²) < 4.78 is 31.4. The van der Waals surface area contributed by atoms with Gasteiger partial charge in [-0.15, -0.1) is 0 Å². The van der Waals surface area contributed by atoms with Gasteiger partial charge in [0.05, 0.1) is 15.8 Å². The van der Waals surface area contributed by atoms with Crippen LogP contribution in [0.3, 0.4) is 0 Å². The van der Waals surface area contributed by atoms with Gasteiger partial charge < -0.3 is 15.0 Å². The van der Waals surface area contributed by atoms with Gasteiger partial charge >= 0.3 is 0 Å². The fourth-order valence-corrected chi connectivity index (χ4v) is 5.66. The van der Waals surface area contributed by atoms with E-state index in [1.165, 1.54) is 23.8 Å². The molecule has 0 radical (unpaired) electrons. The number of anilines is 1. The highest BCUT2D eigenvalue weighted by atomic mass is 32.2. The molecule has 0 aliphatic carbocycles. The van der Waals surface area contributed by atoms with Gasteiger partial charge in [0, 0.05) is 19.5 Å². The normalized spacial score (nSPS) is 17.8. The van der Waals surface area contributed by atoms with Crippen LogP contribution in [0.5, 0.6) is 5.75 Å². The molecule has 0 unspecified atom stereocenters. The van der Waals surface area contributed by atoms with Crippen LogP contribution in [0, 0.1) is 5.92 Å². The van der Waals surface area contributed by atoms with Gasteiger partial charge in [-0.25, -0.2) is 8.42 Å². The van der Waals surface area contributed by atoms with Crippen molar-refractivity contribution in [3.63, 3.8) is 0 Å². The number of carbonyl (C=O) groups is 2. The van der Waals surface area contributed by atoms with Gasteiger partial charge in [0.1, 0.15) is 5.75 Å². The Bertz CT molecular complexity index is 1090. The first-order chi connectivity index (χ1) is 15.3. The van der Waals surface area contributed by atoms with Crippen LogP contribution in [0.4, 0.5) is 5.69 Å². The summed E-state index contributed by atoms with van der Waals surface area (Å²) in [6.07, 6.45) is 2.79. The van der Waals surface area contributed by atoms with E-state index in [1.54, 1.807) is 11.8 Å². The molecule has 2 heterocycles. The molecule has 2 aliphatic heterocycles. The van der Waals surface area contributed by atoms with Crippen molar-refractivity contribution >= 4 is 27.3 Å². The number of rotatable bonds is 6. The summed E-state index contributed by atoms with van der Waals surface area (Å²) in [6, 6.07) is 14.7. The van der Waals surface area contributed by atoms with E-state index in [-0.39, 0.29) is 29.7 Å². The minimum Gasteiger partial charge on any atom is -0.482 e.